The Kier molecular flexibility index (Phi) is 4.27. The lowest BCUT2D eigenvalue weighted by Gasteiger charge is -2.27. The van der Waals surface area contributed by atoms with Crippen LogP contribution in [0.4, 0.5) is 5.69 Å². The lowest BCUT2D eigenvalue weighted by Crippen LogP contribution is -2.29. The summed E-state index contributed by atoms with van der Waals surface area (Å²) in [5.41, 5.74) is 1.71. The van der Waals surface area contributed by atoms with Gasteiger partial charge in [0.2, 0.25) is 5.91 Å². The zero-order valence-corrected chi connectivity index (χ0v) is 11.3. The van der Waals surface area contributed by atoms with Gasteiger partial charge in [-0.05, 0) is 19.1 Å². The second-order valence-electron chi connectivity index (χ2n) is 4.66. The Bertz CT molecular complexity index is 460. The number of amides is 1. The second-order valence-corrected chi connectivity index (χ2v) is 4.66. The number of rotatable bonds is 3. The van der Waals surface area contributed by atoms with Crippen molar-refractivity contribution in [3.8, 4) is 5.75 Å². The van der Waals surface area contributed by atoms with Crippen molar-refractivity contribution in [2.45, 2.75) is 19.4 Å². The lowest BCUT2D eigenvalue weighted by atomic mass is 10.1. The SMILES string of the molecule is COc1cccc(N2CCNC(=O)CC2)c1[C@H](C)O. The van der Waals surface area contributed by atoms with Crippen molar-refractivity contribution >= 4 is 11.6 Å². The van der Waals surface area contributed by atoms with E-state index in [1.54, 1.807) is 14.0 Å². The van der Waals surface area contributed by atoms with Crippen molar-refractivity contribution in [3.63, 3.8) is 0 Å². The average Bonchev–Trinajstić information content (AvgIpc) is 2.62. The highest BCUT2D eigenvalue weighted by Gasteiger charge is 2.20. The topological polar surface area (TPSA) is 61.8 Å². The summed E-state index contributed by atoms with van der Waals surface area (Å²) in [6.07, 6.45) is -0.144. The Morgan fingerprint density at radius 2 is 2.21 bits per heavy atom. The molecular formula is C14H20N2O3. The Labute approximate surface area is 113 Å². The first-order chi connectivity index (χ1) is 9.13. The zero-order valence-electron chi connectivity index (χ0n) is 11.3. The minimum absolute atomic E-state index is 0.0731. The predicted molar refractivity (Wildman–Crippen MR) is 73.5 cm³/mol. The lowest BCUT2D eigenvalue weighted by molar-refractivity contribution is -0.120. The predicted octanol–water partition coefficient (Wildman–Crippen LogP) is 1.07. The molecule has 2 rings (SSSR count). The van der Waals surface area contributed by atoms with Crippen molar-refractivity contribution in [2.75, 3.05) is 31.6 Å². The van der Waals surface area contributed by atoms with Gasteiger partial charge in [0.25, 0.3) is 0 Å². The van der Waals surface area contributed by atoms with Gasteiger partial charge < -0.3 is 20.1 Å². The fraction of sp³-hybridized carbons (Fsp3) is 0.500. The number of nitrogens with zero attached hydrogens (tertiary/aromatic N) is 1. The van der Waals surface area contributed by atoms with Crippen LogP contribution in [0.5, 0.6) is 5.75 Å². The molecule has 1 heterocycles. The molecular weight excluding hydrogens is 244 g/mol. The number of aliphatic hydroxyl groups is 1. The van der Waals surface area contributed by atoms with E-state index in [1.807, 2.05) is 18.2 Å². The molecule has 19 heavy (non-hydrogen) atoms. The van der Waals surface area contributed by atoms with Gasteiger partial charge in [-0.3, -0.25) is 4.79 Å². The second kappa shape index (κ2) is 5.93. The minimum Gasteiger partial charge on any atom is -0.496 e. The number of anilines is 1. The molecule has 0 saturated carbocycles. The van der Waals surface area contributed by atoms with Crippen LogP contribution in [-0.4, -0.2) is 37.8 Å². The molecule has 5 nitrogen and oxygen atoms in total. The molecule has 1 aromatic rings. The summed E-state index contributed by atoms with van der Waals surface area (Å²) in [6.45, 7) is 3.73. The van der Waals surface area contributed by atoms with Crippen molar-refractivity contribution in [2.24, 2.45) is 0 Å². The van der Waals surface area contributed by atoms with Crippen LogP contribution < -0.4 is 15.0 Å². The third-order valence-corrected chi connectivity index (χ3v) is 3.33. The normalized spacial score (nSPS) is 17.6. The molecule has 104 valence electrons. The van der Waals surface area contributed by atoms with Crippen molar-refractivity contribution in [3.05, 3.63) is 23.8 Å². The standard InChI is InChI=1S/C14H20N2O3/c1-10(17)14-11(4-3-5-12(14)19-2)16-8-6-13(18)15-7-9-16/h3-5,10,17H,6-9H2,1-2H3,(H,15,18)/t10-/m0/s1. The van der Waals surface area contributed by atoms with Gasteiger partial charge in [-0.1, -0.05) is 6.07 Å². The molecule has 1 aromatic carbocycles. The van der Waals surface area contributed by atoms with Crippen LogP contribution in [0.1, 0.15) is 25.0 Å². The minimum atomic E-state index is -0.613. The molecule has 0 unspecified atom stereocenters. The quantitative estimate of drug-likeness (QED) is 0.857. The third-order valence-electron chi connectivity index (χ3n) is 3.33. The highest BCUT2D eigenvalue weighted by atomic mass is 16.5. The fourth-order valence-electron chi connectivity index (χ4n) is 2.41. The molecule has 0 bridgehead atoms. The smallest absolute Gasteiger partial charge is 0.221 e. The number of aliphatic hydroxyl groups excluding tert-OH is 1. The summed E-state index contributed by atoms with van der Waals surface area (Å²) < 4.78 is 5.32. The summed E-state index contributed by atoms with van der Waals surface area (Å²) >= 11 is 0. The summed E-state index contributed by atoms with van der Waals surface area (Å²) in [5, 5.41) is 12.8. The van der Waals surface area contributed by atoms with Gasteiger partial charge in [0.05, 0.1) is 13.2 Å². The van der Waals surface area contributed by atoms with Gasteiger partial charge in [0.1, 0.15) is 5.75 Å². The van der Waals surface area contributed by atoms with E-state index in [9.17, 15) is 9.90 Å². The number of hydrogen-bond donors (Lipinski definition) is 2. The Hall–Kier alpha value is -1.75. The van der Waals surface area contributed by atoms with E-state index in [0.29, 0.717) is 25.3 Å². The number of benzene rings is 1. The Balaban J connectivity index is 2.35. The Morgan fingerprint density at radius 3 is 2.89 bits per heavy atom. The zero-order chi connectivity index (χ0) is 13.8. The van der Waals surface area contributed by atoms with Crippen molar-refractivity contribution < 1.29 is 14.6 Å². The average molecular weight is 264 g/mol. The molecule has 5 heteroatoms. The summed E-state index contributed by atoms with van der Waals surface area (Å²) in [5.74, 6) is 0.750. The molecule has 0 aromatic heterocycles. The number of hydrogen-bond acceptors (Lipinski definition) is 4. The fourth-order valence-corrected chi connectivity index (χ4v) is 2.41. The van der Waals surface area contributed by atoms with Gasteiger partial charge in [0, 0.05) is 37.3 Å². The molecule has 0 radical (unpaired) electrons. The monoisotopic (exact) mass is 264 g/mol. The maximum absolute atomic E-state index is 11.4. The first kappa shape index (κ1) is 13.7. The van der Waals surface area contributed by atoms with Crippen LogP contribution in [0.2, 0.25) is 0 Å². The molecule has 2 N–H and O–H groups in total. The molecule has 1 amide bonds. The number of carbonyl (C=O) groups excluding carboxylic acids is 1. The number of nitrogens with one attached hydrogen (secondary N) is 1. The first-order valence-corrected chi connectivity index (χ1v) is 6.50. The molecule has 1 aliphatic heterocycles. The number of methoxy groups -OCH3 is 1. The Morgan fingerprint density at radius 1 is 1.42 bits per heavy atom. The van der Waals surface area contributed by atoms with E-state index in [0.717, 1.165) is 17.8 Å². The molecule has 1 saturated heterocycles. The molecule has 0 aliphatic carbocycles. The van der Waals surface area contributed by atoms with E-state index in [-0.39, 0.29) is 5.91 Å². The third kappa shape index (κ3) is 2.98. The van der Waals surface area contributed by atoms with Crippen LogP contribution in [-0.2, 0) is 4.79 Å². The molecule has 1 atom stereocenters. The van der Waals surface area contributed by atoms with Gasteiger partial charge in [-0.25, -0.2) is 0 Å². The van der Waals surface area contributed by atoms with Gasteiger partial charge in [0.15, 0.2) is 0 Å². The molecule has 1 fully saturated rings. The van der Waals surface area contributed by atoms with Crippen molar-refractivity contribution in [1.82, 2.24) is 5.32 Å². The highest BCUT2D eigenvalue weighted by Crippen LogP contribution is 2.34. The first-order valence-electron chi connectivity index (χ1n) is 6.50. The molecule has 0 spiro atoms. The van der Waals surface area contributed by atoms with Crippen LogP contribution in [0, 0.1) is 0 Å². The largest absolute Gasteiger partial charge is 0.496 e. The number of ether oxygens (including phenoxy) is 1. The van der Waals surface area contributed by atoms with Gasteiger partial charge >= 0.3 is 0 Å². The maximum Gasteiger partial charge on any atom is 0.221 e. The summed E-state index contributed by atoms with van der Waals surface area (Å²) in [6, 6.07) is 5.70. The van der Waals surface area contributed by atoms with E-state index < -0.39 is 6.10 Å². The van der Waals surface area contributed by atoms with E-state index in [2.05, 4.69) is 10.2 Å². The molecule has 1 aliphatic rings. The van der Waals surface area contributed by atoms with Crippen molar-refractivity contribution in [1.29, 1.82) is 0 Å². The highest BCUT2D eigenvalue weighted by molar-refractivity contribution is 5.77. The number of carbonyl (C=O) groups is 1. The summed E-state index contributed by atoms with van der Waals surface area (Å²) in [4.78, 5) is 13.5. The van der Waals surface area contributed by atoms with E-state index >= 15 is 0 Å². The van der Waals surface area contributed by atoms with Crippen LogP contribution in [0.25, 0.3) is 0 Å². The van der Waals surface area contributed by atoms with Crippen LogP contribution in [0.3, 0.4) is 0 Å². The van der Waals surface area contributed by atoms with Gasteiger partial charge in [-0.15, -0.1) is 0 Å². The summed E-state index contributed by atoms with van der Waals surface area (Å²) in [7, 11) is 1.60. The van der Waals surface area contributed by atoms with Gasteiger partial charge in [-0.2, -0.15) is 0 Å². The maximum atomic E-state index is 11.4. The van der Waals surface area contributed by atoms with E-state index in [4.69, 9.17) is 4.74 Å². The van der Waals surface area contributed by atoms with Crippen LogP contribution >= 0.6 is 0 Å². The van der Waals surface area contributed by atoms with E-state index in [1.165, 1.54) is 0 Å². The van der Waals surface area contributed by atoms with Crippen LogP contribution in [0.15, 0.2) is 18.2 Å².